The molecule has 3 N–H and O–H groups in total. The van der Waals surface area contributed by atoms with Crippen LogP contribution in [0.15, 0.2) is 35.5 Å². The number of carbonyl (C=O) groups excluding carboxylic acids is 1. The molecule has 0 radical (unpaired) electrons. The van der Waals surface area contributed by atoms with E-state index in [1.807, 2.05) is 6.92 Å². The second kappa shape index (κ2) is 7.56. The van der Waals surface area contributed by atoms with Crippen LogP contribution in [0.5, 0.6) is 5.75 Å². The number of halogens is 1. The molecule has 2 aromatic rings. The number of anilines is 1. The summed E-state index contributed by atoms with van der Waals surface area (Å²) in [4.78, 5) is 21.2. The van der Waals surface area contributed by atoms with Crippen LogP contribution in [0.4, 0.5) is 10.1 Å². The Kier molecular flexibility index (Phi) is 5.36. The summed E-state index contributed by atoms with van der Waals surface area (Å²) >= 11 is 1.45. The monoisotopic (exact) mass is 388 g/mol. The van der Waals surface area contributed by atoms with Gasteiger partial charge in [0.1, 0.15) is 17.3 Å². The number of nitrogens with two attached hydrogens (primary N) is 1. The smallest absolute Gasteiger partial charge is 0.274 e. The molecule has 0 bridgehead atoms. The first-order chi connectivity index (χ1) is 12.8. The highest BCUT2D eigenvalue weighted by atomic mass is 32.2. The minimum atomic E-state index is -0.756. The number of rotatable bonds is 4. The Morgan fingerprint density at radius 3 is 2.85 bits per heavy atom. The van der Waals surface area contributed by atoms with Gasteiger partial charge < -0.3 is 15.8 Å². The average molecular weight is 388 g/mol. The number of nitrogens with one attached hydrogen (secondary N) is 1. The predicted octanol–water partition coefficient (Wildman–Crippen LogP) is 3.46. The molecule has 1 unspecified atom stereocenters. The van der Waals surface area contributed by atoms with Crippen LogP contribution < -0.4 is 15.8 Å². The van der Waals surface area contributed by atoms with Crippen molar-refractivity contribution in [3.05, 3.63) is 53.1 Å². The van der Waals surface area contributed by atoms with Crippen LogP contribution in [0.1, 0.15) is 35.0 Å². The Hall–Kier alpha value is -2.61. The molecule has 27 heavy (non-hydrogen) atoms. The van der Waals surface area contributed by atoms with Gasteiger partial charge in [0.05, 0.1) is 18.8 Å². The summed E-state index contributed by atoms with van der Waals surface area (Å²) in [5, 5.41) is 3.22. The van der Waals surface area contributed by atoms with Crippen LogP contribution in [0.25, 0.3) is 0 Å². The van der Waals surface area contributed by atoms with Gasteiger partial charge in [-0.2, -0.15) is 0 Å². The highest BCUT2D eigenvalue weighted by Gasteiger charge is 2.32. The Morgan fingerprint density at radius 1 is 1.41 bits per heavy atom. The number of amidine groups is 1. The van der Waals surface area contributed by atoms with Gasteiger partial charge in [-0.05, 0) is 50.1 Å². The topological polar surface area (TPSA) is 89.6 Å². The van der Waals surface area contributed by atoms with Crippen molar-refractivity contribution in [3.8, 4) is 5.75 Å². The van der Waals surface area contributed by atoms with Gasteiger partial charge in [-0.25, -0.2) is 9.37 Å². The summed E-state index contributed by atoms with van der Waals surface area (Å²) in [6.45, 7) is 3.62. The van der Waals surface area contributed by atoms with Crippen LogP contribution in [-0.4, -0.2) is 28.9 Å². The zero-order valence-electron chi connectivity index (χ0n) is 15.4. The molecule has 8 heteroatoms. The van der Waals surface area contributed by atoms with Gasteiger partial charge in [0.15, 0.2) is 5.17 Å². The number of methoxy groups -OCH3 is 1. The highest BCUT2D eigenvalue weighted by Crippen LogP contribution is 2.37. The van der Waals surface area contributed by atoms with Crippen molar-refractivity contribution < 1.29 is 13.9 Å². The Labute approximate surface area is 161 Å². The maximum atomic E-state index is 14.5. The lowest BCUT2D eigenvalue weighted by Crippen LogP contribution is -2.30. The molecule has 0 fully saturated rings. The quantitative estimate of drug-likeness (QED) is 0.837. The van der Waals surface area contributed by atoms with Crippen molar-refractivity contribution in [3.63, 3.8) is 0 Å². The minimum absolute atomic E-state index is 0.282. The van der Waals surface area contributed by atoms with E-state index >= 15 is 0 Å². The third-order valence-corrected chi connectivity index (χ3v) is 5.30. The second-order valence-corrected chi connectivity index (χ2v) is 7.63. The van der Waals surface area contributed by atoms with E-state index in [-0.39, 0.29) is 17.4 Å². The third kappa shape index (κ3) is 4.05. The SMILES string of the molecule is COc1cnc(C(=O)Nc2ccc(F)c(C3(C)CCSC(N)=N3)c2)c(C)c1. The maximum Gasteiger partial charge on any atom is 0.274 e. The van der Waals surface area contributed by atoms with Crippen LogP contribution in [0.3, 0.4) is 0 Å². The molecule has 0 saturated carbocycles. The van der Waals surface area contributed by atoms with E-state index in [0.717, 1.165) is 5.75 Å². The van der Waals surface area contributed by atoms with Gasteiger partial charge in [0, 0.05) is 17.0 Å². The molecule has 1 aliphatic rings. The predicted molar refractivity (Wildman–Crippen MR) is 106 cm³/mol. The van der Waals surface area contributed by atoms with E-state index in [1.165, 1.54) is 37.2 Å². The zero-order chi connectivity index (χ0) is 19.6. The number of pyridine rings is 1. The first kappa shape index (κ1) is 19.2. The number of nitrogens with zero attached hydrogens (tertiary/aromatic N) is 2. The first-order valence-electron chi connectivity index (χ1n) is 8.42. The Bertz CT molecular complexity index is 919. The van der Waals surface area contributed by atoms with Crippen LogP contribution in [-0.2, 0) is 5.54 Å². The number of aromatic nitrogens is 1. The minimum Gasteiger partial charge on any atom is -0.495 e. The normalized spacial score (nSPS) is 19.3. The van der Waals surface area contributed by atoms with E-state index in [4.69, 9.17) is 10.5 Å². The van der Waals surface area contributed by atoms with Gasteiger partial charge in [0.2, 0.25) is 0 Å². The number of thioether (sulfide) groups is 1. The van der Waals surface area contributed by atoms with Gasteiger partial charge in [-0.1, -0.05) is 11.8 Å². The van der Waals surface area contributed by atoms with Gasteiger partial charge in [0.25, 0.3) is 5.91 Å². The fourth-order valence-corrected chi connectivity index (χ4v) is 3.96. The average Bonchev–Trinajstić information content (AvgIpc) is 2.62. The first-order valence-corrected chi connectivity index (χ1v) is 9.41. The molecule has 0 spiro atoms. The van der Waals surface area contributed by atoms with E-state index in [0.29, 0.717) is 34.2 Å². The van der Waals surface area contributed by atoms with Gasteiger partial charge in [-0.15, -0.1) is 0 Å². The largest absolute Gasteiger partial charge is 0.495 e. The summed E-state index contributed by atoms with van der Waals surface area (Å²) in [6, 6.07) is 6.19. The lowest BCUT2D eigenvalue weighted by Gasteiger charge is -2.30. The molecule has 1 aromatic carbocycles. The summed E-state index contributed by atoms with van der Waals surface area (Å²) < 4.78 is 19.6. The molecular formula is C19H21FN4O2S. The molecule has 0 saturated heterocycles. The van der Waals surface area contributed by atoms with Gasteiger partial charge >= 0.3 is 0 Å². The van der Waals surface area contributed by atoms with Crippen molar-refractivity contribution in [1.82, 2.24) is 4.98 Å². The number of carbonyl (C=O) groups is 1. The molecule has 1 atom stereocenters. The Morgan fingerprint density at radius 2 is 2.19 bits per heavy atom. The molecule has 142 valence electrons. The van der Waals surface area contributed by atoms with E-state index in [2.05, 4.69) is 15.3 Å². The number of hydrogen-bond acceptors (Lipinski definition) is 6. The molecule has 1 amide bonds. The highest BCUT2D eigenvalue weighted by molar-refractivity contribution is 8.13. The van der Waals surface area contributed by atoms with Crippen LogP contribution >= 0.6 is 11.8 Å². The number of amides is 1. The lowest BCUT2D eigenvalue weighted by atomic mass is 9.89. The number of aryl methyl sites for hydroxylation is 1. The van der Waals surface area contributed by atoms with Crippen molar-refractivity contribution >= 4 is 28.5 Å². The zero-order valence-corrected chi connectivity index (χ0v) is 16.2. The van der Waals surface area contributed by atoms with Crippen LogP contribution in [0, 0.1) is 12.7 Å². The molecule has 1 aliphatic heterocycles. The van der Waals surface area contributed by atoms with Crippen molar-refractivity contribution in [2.45, 2.75) is 25.8 Å². The van der Waals surface area contributed by atoms with E-state index in [9.17, 15) is 9.18 Å². The summed E-state index contributed by atoms with van der Waals surface area (Å²) in [7, 11) is 1.54. The lowest BCUT2D eigenvalue weighted by molar-refractivity contribution is 0.102. The van der Waals surface area contributed by atoms with Gasteiger partial charge in [-0.3, -0.25) is 9.79 Å². The fraction of sp³-hybridized carbons (Fsp3) is 0.316. The van der Waals surface area contributed by atoms with E-state index < -0.39 is 5.54 Å². The molecule has 3 rings (SSSR count). The molecule has 6 nitrogen and oxygen atoms in total. The van der Waals surface area contributed by atoms with Crippen molar-refractivity contribution in [1.29, 1.82) is 0 Å². The molecular weight excluding hydrogens is 367 g/mol. The second-order valence-electron chi connectivity index (χ2n) is 6.51. The van der Waals surface area contributed by atoms with Crippen LogP contribution in [0.2, 0.25) is 0 Å². The number of hydrogen-bond donors (Lipinski definition) is 2. The van der Waals surface area contributed by atoms with Crippen molar-refractivity contribution in [2.24, 2.45) is 10.7 Å². The summed E-state index contributed by atoms with van der Waals surface area (Å²) in [5.74, 6) is 0.584. The van der Waals surface area contributed by atoms with E-state index in [1.54, 1.807) is 19.1 Å². The summed E-state index contributed by atoms with van der Waals surface area (Å²) in [5.41, 5.74) is 6.92. The molecule has 1 aromatic heterocycles. The van der Waals surface area contributed by atoms with Crippen molar-refractivity contribution in [2.75, 3.05) is 18.2 Å². The third-order valence-electron chi connectivity index (χ3n) is 4.50. The Balaban J connectivity index is 1.88. The molecule has 0 aliphatic carbocycles. The number of aliphatic imine (C=N–C) groups is 1. The standard InChI is InChI=1S/C19H21FN4O2S/c1-11-8-13(26-3)10-22-16(11)17(25)23-12-4-5-15(20)14(9-12)19(2)6-7-27-18(21)24-19/h4-5,8-10H,6-7H2,1-3H3,(H2,21,24)(H,23,25). The summed E-state index contributed by atoms with van der Waals surface area (Å²) in [6.07, 6.45) is 2.14. The maximum absolute atomic E-state index is 14.5. The molecule has 2 heterocycles. The fourth-order valence-electron chi connectivity index (χ4n) is 2.99. The number of benzene rings is 1. The number of ether oxygens (including phenoxy) is 1.